The van der Waals surface area contributed by atoms with Crippen LogP contribution in [0.15, 0.2) is 29.8 Å². The number of carbonyl (C=O) groups excluding carboxylic acids is 1. The Balaban J connectivity index is 2.64. The summed E-state index contributed by atoms with van der Waals surface area (Å²) in [5.41, 5.74) is -0.250. The molecular weight excluding hydrogens is 308 g/mol. The summed E-state index contributed by atoms with van der Waals surface area (Å²) < 4.78 is 29.0. The van der Waals surface area contributed by atoms with Crippen molar-refractivity contribution < 1.29 is 17.9 Å². The van der Waals surface area contributed by atoms with Gasteiger partial charge in [0.05, 0.1) is 12.8 Å². The number of halogens is 1. The van der Waals surface area contributed by atoms with E-state index >= 15 is 0 Å². The van der Waals surface area contributed by atoms with Crippen LogP contribution in [0.3, 0.4) is 0 Å². The molecule has 0 aliphatic heterocycles. The number of carbonyl (C=O) groups is 1. The molecular formula is C10H9ClN4O4S. The molecule has 0 aliphatic carbocycles. The van der Waals surface area contributed by atoms with Crippen LogP contribution in [0.25, 0.3) is 5.82 Å². The summed E-state index contributed by atoms with van der Waals surface area (Å²) in [6, 6.07) is 1.42. The molecule has 0 saturated heterocycles. The fraction of sp³-hybridized carbons (Fsp3) is 0.200. The maximum absolute atomic E-state index is 11.7. The SMILES string of the molecule is CCOC(=O)c1cnn(-c2ccncn2)c1S(=O)(=O)Cl. The van der Waals surface area contributed by atoms with Gasteiger partial charge in [0.1, 0.15) is 11.9 Å². The Kier molecular flexibility index (Phi) is 4.00. The largest absolute Gasteiger partial charge is 0.462 e. The van der Waals surface area contributed by atoms with Crippen molar-refractivity contribution in [1.29, 1.82) is 0 Å². The first-order chi connectivity index (χ1) is 9.45. The number of nitrogens with zero attached hydrogens (tertiary/aromatic N) is 4. The molecule has 0 bridgehead atoms. The van der Waals surface area contributed by atoms with E-state index in [2.05, 4.69) is 15.1 Å². The van der Waals surface area contributed by atoms with E-state index in [-0.39, 0.29) is 18.0 Å². The van der Waals surface area contributed by atoms with Crippen molar-refractivity contribution in [2.24, 2.45) is 0 Å². The zero-order chi connectivity index (χ0) is 14.8. The Bertz CT molecular complexity index is 729. The molecule has 0 amide bonds. The second-order valence-corrected chi connectivity index (χ2v) is 5.98. The van der Waals surface area contributed by atoms with Gasteiger partial charge >= 0.3 is 5.97 Å². The second-order valence-electron chi connectivity index (χ2n) is 3.50. The lowest BCUT2D eigenvalue weighted by Crippen LogP contribution is -2.12. The van der Waals surface area contributed by atoms with E-state index in [9.17, 15) is 13.2 Å². The highest BCUT2D eigenvalue weighted by Crippen LogP contribution is 2.23. The number of esters is 1. The summed E-state index contributed by atoms with van der Waals surface area (Å²) in [4.78, 5) is 19.3. The second kappa shape index (κ2) is 5.55. The summed E-state index contributed by atoms with van der Waals surface area (Å²) in [6.45, 7) is 1.70. The molecule has 106 valence electrons. The van der Waals surface area contributed by atoms with Gasteiger partial charge in [0.15, 0.2) is 10.8 Å². The van der Waals surface area contributed by atoms with Gasteiger partial charge in [0.25, 0.3) is 9.05 Å². The first-order valence-corrected chi connectivity index (χ1v) is 7.72. The molecule has 0 saturated carbocycles. The van der Waals surface area contributed by atoms with Crippen molar-refractivity contribution in [3.63, 3.8) is 0 Å². The number of ether oxygens (including phenoxy) is 1. The van der Waals surface area contributed by atoms with E-state index in [1.165, 1.54) is 18.6 Å². The molecule has 8 nitrogen and oxygen atoms in total. The summed E-state index contributed by atoms with van der Waals surface area (Å²) >= 11 is 0. The Morgan fingerprint density at radius 1 is 1.50 bits per heavy atom. The molecule has 2 heterocycles. The van der Waals surface area contributed by atoms with Crippen LogP contribution in [0.4, 0.5) is 0 Å². The Labute approximate surface area is 118 Å². The molecule has 0 fully saturated rings. The molecule has 0 atom stereocenters. The van der Waals surface area contributed by atoms with E-state index in [1.807, 2.05) is 0 Å². The first-order valence-electron chi connectivity index (χ1n) is 5.41. The number of aromatic nitrogens is 4. The van der Waals surface area contributed by atoms with E-state index < -0.39 is 20.0 Å². The van der Waals surface area contributed by atoms with E-state index in [0.29, 0.717) is 0 Å². The zero-order valence-electron chi connectivity index (χ0n) is 10.2. The minimum Gasteiger partial charge on any atom is -0.462 e. The lowest BCUT2D eigenvalue weighted by Gasteiger charge is -2.05. The minimum atomic E-state index is -4.22. The highest BCUT2D eigenvalue weighted by atomic mass is 35.7. The smallest absolute Gasteiger partial charge is 0.342 e. The third kappa shape index (κ3) is 2.78. The predicted octanol–water partition coefficient (Wildman–Crippen LogP) is 0.766. The van der Waals surface area contributed by atoms with Crippen LogP contribution < -0.4 is 0 Å². The van der Waals surface area contributed by atoms with E-state index in [0.717, 1.165) is 10.9 Å². The van der Waals surface area contributed by atoms with E-state index in [1.54, 1.807) is 6.92 Å². The molecule has 20 heavy (non-hydrogen) atoms. The molecule has 0 aliphatic rings. The van der Waals surface area contributed by atoms with Gasteiger partial charge in [0, 0.05) is 22.9 Å². The van der Waals surface area contributed by atoms with Crippen LogP contribution >= 0.6 is 10.7 Å². The van der Waals surface area contributed by atoms with Crippen LogP contribution in [-0.2, 0) is 13.8 Å². The van der Waals surface area contributed by atoms with E-state index in [4.69, 9.17) is 15.4 Å². The summed E-state index contributed by atoms with van der Waals surface area (Å²) in [5.74, 6) is -0.665. The first kappa shape index (κ1) is 14.4. The highest BCUT2D eigenvalue weighted by Gasteiger charge is 2.28. The number of hydrogen-bond acceptors (Lipinski definition) is 7. The van der Waals surface area contributed by atoms with Gasteiger partial charge in [0.2, 0.25) is 0 Å². The Hall–Kier alpha value is -2.00. The lowest BCUT2D eigenvalue weighted by atomic mass is 10.4. The average Bonchev–Trinajstić information content (AvgIpc) is 2.84. The summed E-state index contributed by atoms with van der Waals surface area (Å²) in [5, 5.41) is 3.33. The van der Waals surface area contributed by atoms with Crippen molar-refractivity contribution in [3.05, 3.63) is 30.4 Å². The van der Waals surface area contributed by atoms with Crippen LogP contribution in [0.2, 0.25) is 0 Å². The van der Waals surface area contributed by atoms with Crippen molar-refractivity contribution >= 4 is 25.7 Å². The fourth-order valence-electron chi connectivity index (χ4n) is 1.49. The van der Waals surface area contributed by atoms with Crippen LogP contribution in [0.1, 0.15) is 17.3 Å². The van der Waals surface area contributed by atoms with Crippen molar-refractivity contribution in [2.45, 2.75) is 11.9 Å². The molecule has 2 rings (SSSR count). The molecule has 2 aromatic heterocycles. The van der Waals surface area contributed by atoms with Crippen molar-refractivity contribution in [1.82, 2.24) is 19.7 Å². The summed E-state index contributed by atoms with van der Waals surface area (Å²) in [6.07, 6.45) is 3.68. The summed E-state index contributed by atoms with van der Waals surface area (Å²) in [7, 11) is 1.14. The predicted molar refractivity (Wildman–Crippen MR) is 68.1 cm³/mol. The molecule has 10 heteroatoms. The minimum absolute atomic E-state index is 0.0965. The third-order valence-corrected chi connectivity index (χ3v) is 3.53. The van der Waals surface area contributed by atoms with Gasteiger partial charge < -0.3 is 4.74 Å². The molecule has 0 N–H and O–H groups in total. The van der Waals surface area contributed by atoms with Crippen LogP contribution in [0, 0.1) is 0 Å². The van der Waals surface area contributed by atoms with Crippen LogP contribution in [-0.4, -0.2) is 40.7 Å². The third-order valence-electron chi connectivity index (χ3n) is 2.23. The maximum atomic E-state index is 11.7. The van der Waals surface area contributed by atoms with Crippen LogP contribution in [0.5, 0.6) is 0 Å². The van der Waals surface area contributed by atoms with Crippen molar-refractivity contribution in [3.8, 4) is 5.82 Å². The normalized spacial score (nSPS) is 11.3. The molecule has 0 unspecified atom stereocenters. The average molecular weight is 317 g/mol. The molecule has 2 aromatic rings. The molecule has 0 spiro atoms. The van der Waals surface area contributed by atoms with Gasteiger partial charge in [-0.15, -0.1) is 0 Å². The maximum Gasteiger partial charge on any atom is 0.342 e. The lowest BCUT2D eigenvalue weighted by molar-refractivity contribution is 0.0521. The monoisotopic (exact) mass is 316 g/mol. The van der Waals surface area contributed by atoms with Gasteiger partial charge in [-0.25, -0.2) is 27.9 Å². The molecule has 0 radical (unpaired) electrons. The topological polar surface area (TPSA) is 104 Å². The Morgan fingerprint density at radius 2 is 2.25 bits per heavy atom. The fourth-order valence-corrected chi connectivity index (χ4v) is 2.68. The van der Waals surface area contributed by atoms with Gasteiger partial charge in [-0.2, -0.15) is 5.10 Å². The Morgan fingerprint density at radius 3 is 2.80 bits per heavy atom. The quantitative estimate of drug-likeness (QED) is 0.606. The van der Waals surface area contributed by atoms with Gasteiger partial charge in [-0.05, 0) is 6.92 Å². The zero-order valence-corrected chi connectivity index (χ0v) is 11.8. The van der Waals surface area contributed by atoms with Crippen molar-refractivity contribution in [2.75, 3.05) is 6.61 Å². The van der Waals surface area contributed by atoms with Gasteiger partial charge in [-0.1, -0.05) is 0 Å². The molecule has 0 aromatic carbocycles. The number of hydrogen-bond donors (Lipinski definition) is 0. The standard InChI is InChI=1S/C10H9ClN4O4S/c1-2-19-10(16)7-5-14-15(9(7)20(11,17)18)8-3-4-12-6-13-8/h3-6H,2H2,1H3. The van der Waals surface area contributed by atoms with Gasteiger partial charge in [-0.3, -0.25) is 0 Å². The highest BCUT2D eigenvalue weighted by molar-refractivity contribution is 8.13. The number of rotatable bonds is 4.